The van der Waals surface area contributed by atoms with Gasteiger partial charge in [-0.1, -0.05) is 13.2 Å². The molecular formula is C9H13O5-. The van der Waals surface area contributed by atoms with E-state index in [2.05, 4.69) is 17.9 Å². The molecule has 0 amide bonds. The maximum atomic E-state index is 10.1. The molecule has 0 rings (SSSR count). The van der Waals surface area contributed by atoms with Gasteiger partial charge in [0, 0.05) is 6.08 Å². The van der Waals surface area contributed by atoms with Crippen molar-refractivity contribution in [2.24, 2.45) is 0 Å². The lowest BCUT2D eigenvalue weighted by molar-refractivity contribution is -0.299. The van der Waals surface area contributed by atoms with Gasteiger partial charge in [0.05, 0.1) is 12.6 Å². The molecular weight excluding hydrogens is 188 g/mol. The molecule has 0 heterocycles. The van der Waals surface area contributed by atoms with Gasteiger partial charge in [-0.2, -0.15) is 0 Å². The summed E-state index contributed by atoms with van der Waals surface area (Å²) in [5, 5.41) is 17.6. The van der Waals surface area contributed by atoms with E-state index >= 15 is 0 Å². The van der Waals surface area contributed by atoms with Gasteiger partial charge >= 0.3 is 5.97 Å². The van der Waals surface area contributed by atoms with Crippen LogP contribution in [0.4, 0.5) is 0 Å². The summed E-state index contributed by atoms with van der Waals surface area (Å²) in [6.45, 7) is 7.54. The van der Waals surface area contributed by atoms with Crippen LogP contribution in [0.15, 0.2) is 24.8 Å². The molecule has 0 atom stereocenters. The van der Waals surface area contributed by atoms with E-state index in [0.717, 1.165) is 6.08 Å². The van der Waals surface area contributed by atoms with Crippen molar-refractivity contribution in [2.45, 2.75) is 6.92 Å². The highest BCUT2D eigenvalue weighted by Gasteiger charge is 1.90. The third-order valence-corrected chi connectivity index (χ3v) is 0.851. The Morgan fingerprint density at radius 2 is 2.00 bits per heavy atom. The van der Waals surface area contributed by atoms with Crippen LogP contribution < -0.4 is 5.11 Å². The molecule has 0 unspecified atom stereocenters. The standard InChI is InChI=1S/C5H8O3.C4H6O2/c1-2-5(7)8-4-3-6;1-3(2)4(5)6/h2,6H,1,3-4H2;1H2,2H3,(H,5,6)/p-1. The molecule has 0 radical (unpaired) electrons. The van der Waals surface area contributed by atoms with Crippen molar-refractivity contribution in [2.75, 3.05) is 13.2 Å². The number of esters is 1. The first-order valence-corrected chi connectivity index (χ1v) is 3.72. The second kappa shape index (κ2) is 9.47. The number of ether oxygens (including phenoxy) is 1. The zero-order chi connectivity index (χ0) is 11.6. The predicted molar refractivity (Wildman–Crippen MR) is 48.1 cm³/mol. The predicted octanol–water partition coefficient (Wildman–Crippen LogP) is -0.980. The summed E-state index contributed by atoms with van der Waals surface area (Å²) >= 11 is 0. The quantitative estimate of drug-likeness (QED) is 0.466. The van der Waals surface area contributed by atoms with Crippen LogP contribution in [0.2, 0.25) is 0 Å². The summed E-state index contributed by atoms with van der Waals surface area (Å²) in [7, 11) is 0. The Labute approximate surface area is 82.3 Å². The fourth-order valence-corrected chi connectivity index (χ4v) is 0.205. The Morgan fingerprint density at radius 3 is 2.21 bits per heavy atom. The number of carbonyl (C=O) groups excluding carboxylic acids is 2. The minimum absolute atomic E-state index is 0.0465. The van der Waals surface area contributed by atoms with E-state index in [9.17, 15) is 14.7 Å². The summed E-state index contributed by atoms with van der Waals surface area (Å²) in [6.07, 6.45) is 1.05. The number of rotatable bonds is 4. The molecule has 14 heavy (non-hydrogen) atoms. The molecule has 0 saturated carbocycles. The summed E-state index contributed by atoms with van der Waals surface area (Å²) in [5.41, 5.74) is 0.0648. The lowest BCUT2D eigenvalue weighted by atomic mass is 10.4. The van der Waals surface area contributed by atoms with Gasteiger partial charge in [-0.25, -0.2) is 4.79 Å². The summed E-state index contributed by atoms with van der Waals surface area (Å²) in [6, 6.07) is 0. The number of hydrogen-bond acceptors (Lipinski definition) is 5. The number of carboxylic acids is 1. The van der Waals surface area contributed by atoms with Crippen LogP contribution in [-0.2, 0) is 14.3 Å². The first-order chi connectivity index (χ1) is 6.45. The minimum atomic E-state index is -1.19. The number of aliphatic carboxylic acids is 1. The van der Waals surface area contributed by atoms with Crippen molar-refractivity contribution in [3.8, 4) is 0 Å². The Kier molecular flexibility index (Phi) is 10.1. The van der Waals surface area contributed by atoms with Crippen molar-refractivity contribution in [3.63, 3.8) is 0 Å². The maximum absolute atomic E-state index is 10.1. The topological polar surface area (TPSA) is 86.7 Å². The van der Waals surface area contributed by atoms with E-state index in [-0.39, 0.29) is 18.8 Å². The number of carbonyl (C=O) groups is 2. The van der Waals surface area contributed by atoms with Gasteiger partial charge in [0.2, 0.25) is 0 Å². The van der Waals surface area contributed by atoms with Crippen molar-refractivity contribution in [1.82, 2.24) is 0 Å². The average molecular weight is 201 g/mol. The molecule has 5 heteroatoms. The van der Waals surface area contributed by atoms with E-state index in [1.54, 1.807) is 0 Å². The Morgan fingerprint density at radius 1 is 1.57 bits per heavy atom. The van der Waals surface area contributed by atoms with Crippen LogP contribution in [-0.4, -0.2) is 30.3 Å². The SMILES string of the molecule is C=C(C)C(=O)[O-].C=CC(=O)OCCO. The molecule has 5 nitrogen and oxygen atoms in total. The van der Waals surface area contributed by atoms with Gasteiger partial charge in [-0.15, -0.1) is 0 Å². The van der Waals surface area contributed by atoms with E-state index < -0.39 is 11.9 Å². The minimum Gasteiger partial charge on any atom is -0.545 e. The highest BCUT2D eigenvalue weighted by Crippen LogP contribution is 1.77. The van der Waals surface area contributed by atoms with E-state index in [1.807, 2.05) is 0 Å². The molecule has 0 aromatic rings. The Bertz CT molecular complexity index is 207. The fraction of sp³-hybridized carbons (Fsp3) is 0.333. The van der Waals surface area contributed by atoms with Crippen LogP contribution in [0.3, 0.4) is 0 Å². The normalized spacial score (nSPS) is 7.86. The molecule has 0 saturated heterocycles. The second-order valence-electron chi connectivity index (χ2n) is 2.16. The molecule has 0 spiro atoms. The second-order valence-corrected chi connectivity index (χ2v) is 2.16. The molecule has 0 aliphatic heterocycles. The molecule has 0 aromatic heterocycles. The lowest BCUT2D eigenvalue weighted by Crippen LogP contribution is -2.22. The molecule has 0 bridgehead atoms. The zero-order valence-corrected chi connectivity index (χ0v) is 7.99. The van der Waals surface area contributed by atoms with Crippen LogP contribution in [0, 0.1) is 0 Å². The van der Waals surface area contributed by atoms with Crippen molar-refractivity contribution in [1.29, 1.82) is 0 Å². The number of aliphatic hydroxyl groups excluding tert-OH is 1. The smallest absolute Gasteiger partial charge is 0.330 e. The molecule has 80 valence electrons. The third kappa shape index (κ3) is 13.0. The zero-order valence-electron chi connectivity index (χ0n) is 7.99. The molecule has 1 N–H and O–H groups in total. The number of carboxylic acid groups (broad SMARTS) is 1. The Hall–Kier alpha value is -1.62. The van der Waals surface area contributed by atoms with Crippen LogP contribution in [0.1, 0.15) is 6.92 Å². The van der Waals surface area contributed by atoms with Crippen molar-refractivity contribution in [3.05, 3.63) is 24.8 Å². The van der Waals surface area contributed by atoms with Gasteiger partial charge in [-0.3, -0.25) is 0 Å². The first-order valence-electron chi connectivity index (χ1n) is 3.72. The third-order valence-electron chi connectivity index (χ3n) is 0.851. The van der Waals surface area contributed by atoms with E-state index in [4.69, 9.17) is 5.11 Å². The summed E-state index contributed by atoms with van der Waals surface area (Å²) in [4.78, 5) is 19.6. The van der Waals surface area contributed by atoms with Gasteiger partial charge in [0.25, 0.3) is 0 Å². The molecule has 0 fully saturated rings. The summed E-state index contributed by atoms with van der Waals surface area (Å²) in [5.74, 6) is -1.69. The molecule has 0 aromatic carbocycles. The van der Waals surface area contributed by atoms with Gasteiger partial charge in [0.15, 0.2) is 0 Å². The van der Waals surface area contributed by atoms with Crippen LogP contribution >= 0.6 is 0 Å². The average Bonchev–Trinajstić information content (AvgIpc) is 2.14. The van der Waals surface area contributed by atoms with Gasteiger partial charge < -0.3 is 19.7 Å². The van der Waals surface area contributed by atoms with Crippen molar-refractivity contribution >= 4 is 11.9 Å². The lowest BCUT2D eigenvalue weighted by Gasteiger charge is -1.94. The highest BCUT2D eigenvalue weighted by molar-refractivity contribution is 5.82. The molecule has 0 aliphatic carbocycles. The monoisotopic (exact) mass is 201 g/mol. The van der Waals surface area contributed by atoms with Crippen LogP contribution in [0.25, 0.3) is 0 Å². The highest BCUT2D eigenvalue weighted by atomic mass is 16.5. The van der Waals surface area contributed by atoms with Gasteiger partial charge in [-0.05, 0) is 12.5 Å². The van der Waals surface area contributed by atoms with Crippen LogP contribution in [0.5, 0.6) is 0 Å². The first kappa shape index (κ1) is 14.9. The van der Waals surface area contributed by atoms with E-state index in [0.29, 0.717) is 0 Å². The molecule has 0 aliphatic rings. The van der Waals surface area contributed by atoms with Gasteiger partial charge in [0.1, 0.15) is 6.61 Å². The van der Waals surface area contributed by atoms with Crippen molar-refractivity contribution < 1.29 is 24.5 Å². The van der Waals surface area contributed by atoms with E-state index in [1.165, 1.54) is 6.92 Å². The number of hydrogen-bond donors (Lipinski definition) is 1. The summed E-state index contributed by atoms with van der Waals surface area (Å²) < 4.78 is 4.33. The largest absolute Gasteiger partial charge is 0.545 e. The Balaban J connectivity index is 0. The number of aliphatic hydroxyl groups is 1. The maximum Gasteiger partial charge on any atom is 0.330 e. The fourth-order valence-electron chi connectivity index (χ4n) is 0.205.